The average molecular weight is 317 g/mol. The zero-order valence-electron chi connectivity index (χ0n) is 13.9. The van der Waals surface area contributed by atoms with Gasteiger partial charge in [-0.15, -0.1) is 0 Å². The minimum atomic E-state index is 0.841. The first-order chi connectivity index (χ1) is 11.8. The van der Waals surface area contributed by atoms with Crippen molar-refractivity contribution in [2.24, 2.45) is 0 Å². The molecule has 3 rings (SSSR count). The summed E-state index contributed by atoms with van der Waals surface area (Å²) in [5.41, 5.74) is 4.37. The molecule has 0 amide bonds. The van der Waals surface area contributed by atoms with Gasteiger partial charge in [-0.1, -0.05) is 36.4 Å². The van der Waals surface area contributed by atoms with Gasteiger partial charge in [0.25, 0.3) is 5.84 Å². The monoisotopic (exact) mass is 317 g/mol. The Kier molecular flexibility index (Phi) is 4.92. The van der Waals surface area contributed by atoms with Gasteiger partial charge < -0.3 is 4.74 Å². The molecule has 0 bridgehead atoms. The topological polar surface area (TPSA) is 35.2 Å². The van der Waals surface area contributed by atoms with Gasteiger partial charge in [0.2, 0.25) is 0 Å². The number of nitrogens with one attached hydrogen (secondary N) is 2. The fourth-order valence-corrected chi connectivity index (χ4v) is 2.45. The normalized spacial score (nSPS) is 11.2. The Morgan fingerprint density at radius 3 is 2.17 bits per heavy atom. The predicted molar refractivity (Wildman–Crippen MR) is 99.0 cm³/mol. The van der Waals surface area contributed by atoms with Crippen molar-refractivity contribution in [2.45, 2.75) is 6.92 Å². The Bertz CT molecular complexity index is 824. The van der Waals surface area contributed by atoms with Crippen molar-refractivity contribution in [3.05, 3.63) is 90.0 Å². The first-order valence-electron chi connectivity index (χ1n) is 7.92. The highest BCUT2D eigenvalue weighted by Crippen LogP contribution is 2.15. The molecule has 120 valence electrons. The van der Waals surface area contributed by atoms with Crippen molar-refractivity contribution in [1.82, 2.24) is 0 Å². The number of anilines is 1. The maximum absolute atomic E-state index is 5.22. The number of benzene rings is 3. The molecule has 0 unspecified atom stereocenters. The van der Waals surface area contributed by atoms with E-state index in [4.69, 9.17) is 4.74 Å². The predicted octanol–water partition coefficient (Wildman–Crippen LogP) is 3.27. The van der Waals surface area contributed by atoms with E-state index in [-0.39, 0.29) is 0 Å². The van der Waals surface area contributed by atoms with Gasteiger partial charge >= 0.3 is 0 Å². The Labute approximate surface area is 142 Å². The molecular formula is C21H21N2O+. The van der Waals surface area contributed by atoms with E-state index in [2.05, 4.69) is 41.5 Å². The maximum Gasteiger partial charge on any atom is 0.285 e. The first kappa shape index (κ1) is 15.8. The van der Waals surface area contributed by atoms with Crippen LogP contribution in [0.3, 0.4) is 0 Å². The van der Waals surface area contributed by atoms with Crippen LogP contribution in [0.4, 0.5) is 11.4 Å². The first-order valence-corrected chi connectivity index (χ1v) is 7.92. The summed E-state index contributed by atoms with van der Waals surface area (Å²) in [5, 5.41) is 3.47. The lowest BCUT2D eigenvalue weighted by molar-refractivity contribution is -0.353. The van der Waals surface area contributed by atoms with E-state index in [0.29, 0.717) is 0 Å². The van der Waals surface area contributed by atoms with Crippen LogP contribution in [-0.4, -0.2) is 12.9 Å². The van der Waals surface area contributed by atoms with Crippen LogP contribution >= 0.6 is 0 Å². The maximum atomic E-state index is 5.22. The molecule has 0 fully saturated rings. The van der Waals surface area contributed by atoms with Crippen molar-refractivity contribution in [3.63, 3.8) is 0 Å². The van der Waals surface area contributed by atoms with Crippen molar-refractivity contribution >= 4 is 17.2 Å². The summed E-state index contributed by atoms with van der Waals surface area (Å²) in [5.74, 6) is 1.78. The van der Waals surface area contributed by atoms with Crippen molar-refractivity contribution in [1.29, 1.82) is 0 Å². The molecule has 3 aromatic rings. The summed E-state index contributed by atoms with van der Waals surface area (Å²) in [4.78, 5) is 3.51. The summed E-state index contributed by atoms with van der Waals surface area (Å²) in [6.07, 6.45) is 0. The molecule has 3 heteroatoms. The number of ether oxygens (including phenoxy) is 1. The standard InChI is InChI=1S/C21H20N2O/c1-16-8-6-7-11-20(16)23-21(17-9-4-3-5-10-17)22-18-12-14-19(24-2)15-13-18/h3-15H,1-2H3,(H,22,23)/p+1. The van der Waals surface area contributed by atoms with Gasteiger partial charge in [-0.3, -0.25) is 0 Å². The number of amidine groups is 1. The van der Waals surface area contributed by atoms with Gasteiger partial charge in [-0.25, -0.2) is 10.3 Å². The number of hydrogen-bond donors (Lipinski definition) is 2. The highest BCUT2D eigenvalue weighted by molar-refractivity contribution is 6.04. The van der Waals surface area contributed by atoms with Crippen molar-refractivity contribution in [2.75, 3.05) is 12.4 Å². The minimum Gasteiger partial charge on any atom is -0.497 e. The summed E-state index contributed by atoms with van der Waals surface area (Å²) >= 11 is 0. The number of methoxy groups -OCH3 is 1. The van der Waals surface area contributed by atoms with Gasteiger partial charge in [0.15, 0.2) is 0 Å². The summed E-state index contributed by atoms with van der Waals surface area (Å²) in [7, 11) is 1.67. The van der Waals surface area contributed by atoms with Gasteiger partial charge in [0, 0.05) is 0 Å². The smallest absolute Gasteiger partial charge is 0.285 e. The van der Waals surface area contributed by atoms with Gasteiger partial charge in [0.1, 0.15) is 17.1 Å². The van der Waals surface area contributed by atoms with Crippen molar-refractivity contribution < 1.29 is 9.73 Å². The largest absolute Gasteiger partial charge is 0.497 e. The lowest BCUT2D eigenvalue weighted by Crippen LogP contribution is -2.69. The van der Waals surface area contributed by atoms with Gasteiger partial charge in [0.05, 0.1) is 12.7 Å². The second-order valence-electron chi connectivity index (χ2n) is 5.53. The molecule has 0 aliphatic heterocycles. The molecule has 24 heavy (non-hydrogen) atoms. The Morgan fingerprint density at radius 2 is 1.50 bits per heavy atom. The number of para-hydroxylation sites is 1. The SMILES string of the molecule is COc1ccc(NC(=[NH+]c2ccccc2C)c2ccccc2)cc1. The molecule has 3 aromatic carbocycles. The molecule has 0 saturated heterocycles. The van der Waals surface area contributed by atoms with Crippen LogP contribution in [0.2, 0.25) is 0 Å². The summed E-state index contributed by atoms with van der Waals surface area (Å²) < 4.78 is 5.22. The summed E-state index contributed by atoms with van der Waals surface area (Å²) in [6.45, 7) is 2.10. The molecule has 0 atom stereocenters. The van der Waals surface area contributed by atoms with E-state index in [1.54, 1.807) is 7.11 Å². The molecular weight excluding hydrogens is 296 g/mol. The lowest BCUT2D eigenvalue weighted by Gasteiger charge is -2.06. The van der Waals surface area contributed by atoms with Crippen LogP contribution < -0.4 is 15.0 Å². The van der Waals surface area contributed by atoms with Crippen molar-refractivity contribution in [3.8, 4) is 5.75 Å². The molecule has 0 aliphatic rings. The van der Waals surface area contributed by atoms with Crippen LogP contribution in [0.5, 0.6) is 5.75 Å². The molecule has 0 spiro atoms. The molecule has 0 aliphatic carbocycles. The molecule has 0 aromatic heterocycles. The summed E-state index contributed by atoms with van der Waals surface area (Å²) in [6, 6.07) is 26.4. The highest BCUT2D eigenvalue weighted by atomic mass is 16.5. The van der Waals surface area contributed by atoms with Gasteiger partial charge in [-0.2, -0.15) is 0 Å². The quantitative estimate of drug-likeness (QED) is 0.572. The molecule has 0 saturated carbocycles. The lowest BCUT2D eigenvalue weighted by atomic mass is 10.1. The zero-order valence-corrected chi connectivity index (χ0v) is 13.9. The third-order valence-electron chi connectivity index (χ3n) is 3.83. The van der Waals surface area contributed by atoms with E-state index in [1.165, 1.54) is 5.56 Å². The van der Waals surface area contributed by atoms with E-state index in [0.717, 1.165) is 28.5 Å². The van der Waals surface area contributed by atoms with E-state index in [1.807, 2.05) is 54.6 Å². The number of rotatable bonds is 4. The molecule has 3 nitrogen and oxygen atoms in total. The molecule has 0 heterocycles. The molecule has 0 radical (unpaired) electrons. The second kappa shape index (κ2) is 7.47. The fraction of sp³-hybridized carbons (Fsp3) is 0.0952. The average Bonchev–Trinajstić information content (AvgIpc) is 2.64. The van der Waals surface area contributed by atoms with Crippen LogP contribution in [0, 0.1) is 6.92 Å². The molecule has 2 N–H and O–H groups in total. The van der Waals surface area contributed by atoms with E-state index in [9.17, 15) is 0 Å². The van der Waals surface area contributed by atoms with Gasteiger partial charge in [-0.05, 0) is 55.0 Å². The van der Waals surface area contributed by atoms with E-state index >= 15 is 0 Å². The Morgan fingerprint density at radius 1 is 0.833 bits per heavy atom. The van der Waals surface area contributed by atoms with Crippen LogP contribution in [0.25, 0.3) is 0 Å². The minimum absolute atomic E-state index is 0.841. The highest BCUT2D eigenvalue weighted by Gasteiger charge is 2.12. The van der Waals surface area contributed by atoms with Crippen LogP contribution in [-0.2, 0) is 0 Å². The van der Waals surface area contributed by atoms with Crippen LogP contribution in [0.1, 0.15) is 11.1 Å². The van der Waals surface area contributed by atoms with E-state index < -0.39 is 0 Å². The Balaban J connectivity index is 1.97. The Hall–Kier alpha value is -3.07. The number of hydrogen-bond acceptors (Lipinski definition) is 1. The number of aryl methyl sites for hydroxylation is 1. The fourth-order valence-electron chi connectivity index (χ4n) is 2.45. The zero-order chi connectivity index (χ0) is 16.8. The third-order valence-corrected chi connectivity index (χ3v) is 3.83. The third kappa shape index (κ3) is 3.82. The second-order valence-corrected chi connectivity index (χ2v) is 5.53. The van der Waals surface area contributed by atoms with Crippen LogP contribution in [0.15, 0.2) is 78.9 Å².